The molecule has 0 bridgehead atoms. The summed E-state index contributed by atoms with van der Waals surface area (Å²) in [6, 6.07) is 1.41. The van der Waals surface area contributed by atoms with E-state index in [9.17, 15) is 46.0 Å². The average molecular weight is 434 g/mol. The van der Waals surface area contributed by atoms with E-state index in [1.807, 2.05) is 0 Å². The number of hydrogen-bond donors (Lipinski definition) is 6. The number of carboxylic acids is 2. The van der Waals surface area contributed by atoms with Gasteiger partial charge in [0, 0.05) is 11.1 Å². The van der Waals surface area contributed by atoms with Crippen molar-refractivity contribution in [2.24, 2.45) is 0 Å². The molecule has 0 aliphatic carbocycles. The van der Waals surface area contributed by atoms with E-state index in [4.69, 9.17) is 10.3 Å². The summed E-state index contributed by atoms with van der Waals surface area (Å²) in [7, 11) is -10.1. The van der Waals surface area contributed by atoms with Crippen LogP contribution in [0.4, 0.5) is 5.82 Å². The van der Waals surface area contributed by atoms with Gasteiger partial charge in [-0.2, -0.15) is 16.8 Å². The molecule has 2 rings (SSSR count). The normalized spacial score (nSPS) is 11.9. The smallest absolute Gasteiger partial charge is 0.342 e. The number of nitrogens with one attached hydrogen (secondary N) is 1. The molecule has 0 saturated carbocycles. The van der Waals surface area contributed by atoms with Crippen LogP contribution in [0.5, 0.6) is 0 Å². The Morgan fingerprint density at radius 1 is 0.929 bits per heavy atom. The number of nitrogen functional groups attached to an aromatic ring is 1. The maximum absolute atomic E-state index is 12.0. The number of aromatic carboxylic acids is 2. The second-order valence-electron chi connectivity index (χ2n) is 5.21. The van der Waals surface area contributed by atoms with E-state index in [2.05, 4.69) is 0 Å². The molecule has 0 fully saturated rings. The van der Waals surface area contributed by atoms with Gasteiger partial charge in [-0.15, -0.1) is 0 Å². The summed E-state index contributed by atoms with van der Waals surface area (Å²) in [6.45, 7) is 0. The molecule has 28 heavy (non-hydrogen) atoms. The highest BCUT2D eigenvalue weighted by Crippen LogP contribution is 2.35. The van der Waals surface area contributed by atoms with E-state index in [1.54, 1.807) is 4.98 Å². The maximum atomic E-state index is 12.0. The zero-order chi connectivity index (χ0) is 21.6. The summed E-state index contributed by atoms with van der Waals surface area (Å²) in [5.41, 5.74) is -0.465. The molecule has 2 aromatic rings. The van der Waals surface area contributed by atoms with Gasteiger partial charge in [-0.3, -0.25) is 13.9 Å². The Hall–Kier alpha value is -3.27. The monoisotopic (exact) mass is 434 g/mol. The first-order valence-corrected chi connectivity index (χ1v) is 9.66. The fourth-order valence-corrected chi connectivity index (χ4v) is 3.59. The molecule has 7 N–H and O–H groups in total. The van der Waals surface area contributed by atoms with Crippen molar-refractivity contribution in [3.8, 4) is 11.1 Å². The van der Waals surface area contributed by atoms with E-state index in [-0.39, 0.29) is 0 Å². The summed E-state index contributed by atoms with van der Waals surface area (Å²) >= 11 is 0. The SMILES string of the molecule is Nc1[nH]c(=O)c(C(=O)O)c(-c2cc(S(=O)(=O)O)ccc2S(=O)(=O)O)c1C(=O)O. The number of anilines is 1. The van der Waals surface area contributed by atoms with Crippen LogP contribution in [0.2, 0.25) is 0 Å². The lowest BCUT2D eigenvalue weighted by atomic mass is 9.95. The Kier molecular flexibility index (Phi) is 5.04. The van der Waals surface area contributed by atoms with Crippen molar-refractivity contribution in [3.63, 3.8) is 0 Å². The van der Waals surface area contributed by atoms with Gasteiger partial charge in [0.15, 0.2) is 0 Å². The molecule has 0 amide bonds. The first-order chi connectivity index (χ1) is 12.7. The second-order valence-corrected chi connectivity index (χ2v) is 8.02. The number of aromatic nitrogens is 1. The van der Waals surface area contributed by atoms with Gasteiger partial charge >= 0.3 is 11.9 Å². The van der Waals surface area contributed by atoms with E-state index >= 15 is 0 Å². The quantitative estimate of drug-likeness (QED) is 0.327. The third kappa shape index (κ3) is 3.72. The van der Waals surface area contributed by atoms with Gasteiger partial charge in [-0.05, 0) is 18.2 Å². The van der Waals surface area contributed by atoms with Crippen LogP contribution < -0.4 is 11.3 Å². The number of benzene rings is 1. The average Bonchev–Trinajstić information content (AvgIpc) is 2.50. The Morgan fingerprint density at radius 2 is 1.46 bits per heavy atom. The molecule has 1 heterocycles. The number of carbonyl (C=O) groups is 2. The third-order valence-corrected chi connectivity index (χ3v) is 5.23. The lowest BCUT2D eigenvalue weighted by Gasteiger charge is -2.15. The number of pyridine rings is 1. The van der Waals surface area contributed by atoms with E-state index in [0.29, 0.717) is 18.2 Å². The Balaban J connectivity index is 3.25. The van der Waals surface area contributed by atoms with Crippen LogP contribution in [-0.4, -0.2) is 53.1 Å². The van der Waals surface area contributed by atoms with Crippen molar-refractivity contribution in [2.45, 2.75) is 9.79 Å². The molecule has 0 spiro atoms. The number of rotatable bonds is 5. The molecule has 1 aromatic carbocycles. The van der Waals surface area contributed by atoms with Gasteiger partial charge in [-0.25, -0.2) is 9.59 Å². The molecule has 0 aliphatic heterocycles. The Morgan fingerprint density at radius 3 is 1.89 bits per heavy atom. The molecule has 0 radical (unpaired) electrons. The van der Waals surface area contributed by atoms with E-state index in [0.717, 1.165) is 0 Å². The minimum absolute atomic E-state index is 0.380. The van der Waals surface area contributed by atoms with Gasteiger partial charge in [0.25, 0.3) is 25.8 Å². The molecular weight excluding hydrogens is 424 g/mol. The lowest BCUT2D eigenvalue weighted by molar-refractivity contribution is 0.0695. The lowest BCUT2D eigenvalue weighted by Crippen LogP contribution is -2.24. The number of nitrogens with two attached hydrogens (primary N) is 1. The van der Waals surface area contributed by atoms with E-state index < -0.39 is 75.6 Å². The van der Waals surface area contributed by atoms with Crippen molar-refractivity contribution in [1.82, 2.24) is 4.98 Å². The second kappa shape index (κ2) is 6.71. The van der Waals surface area contributed by atoms with Crippen LogP contribution in [0.3, 0.4) is 0 Å². The van der Waals surface area contributed by atoms with Gasteiger partial charge in [0.05, 0.1) is 4.90 Å². The summed E-state index contributed by atoms with van der Waals surface area (Å²) in [5, 5.41) is 18.6. The number of carboxylic acid groups (broad SMARTS) is 2. The van der Waals surface area contributed by atoms with Gasteiger partial charge in [-0.1, -0.05) is 0 Å². The zero-order valence-corrected chi connectivity index (χ0v) is 14.9. The first kappa shape index (κ1) is 21.0. The van der Waals surface area contributed by atoms with Crippen molar-refractivity contribution in [1.29, 1.82) is 0 Å². The molecule has 0 saturated heterocycles. The molecule has 1 aromatic heterocycles. The Bertz CT molecular complexity index is 1290. The summed E-state index contributed by atoms with van der Waals surface area (Å²) < 4.78 is 64.6. The van der Waals surface area contributed by atoms with Crippen LogP contribution in [-0.2, 0) is 20.2 Å². The molecule has 150 valence electrons. The number of H-pyrrole nitrogens is 1. The van der Waals surface area contributed by atoms with E-state index in [1.165, 1.54) is 0 Å². The number of aromatic amines is 1. The summed E-state index contributed by atoms with van der Waals surface area (Å²) in [4.78, 5) is 34.7. The first-order valence-electron chi connectivity index (χ1n) is 6.78. The fourth-order valence-electron chi connectivity index (χ4n) is 2.41. The van der Waals surface area contributed by atoms with Gasteiger partial charge in [0.2, 0.25) is 0 Å². The van der Waals surface area contributed by atoms with Crippen LogP contribution in [0.1, 0.15) is 20.7 Å². The molecule has 15 heteroatoms. The molecule has 0 unspecified atom stereocenters. The molecule has 13 nitrogen and oxygen atoms in total. The summed E-state index contributed by atoms with van der Waals surface area (Å²) in [5.74, 6) is -4.77. The predicted molar refractivity (Wildman–Crippen MR) is 90.5 cm³/mol. The van der Waals surface area contributed by atoms with Crippen LogP contribution in [0.15, 0.2) is 32.8 Å². The maximum Gasteiger partial charge on any atom is 0.342 e. The predicted octanol–water partition coefficient (Wildman–Crippen LogP) is -0.486. The minimum atomic E-state index is -5.17. The Labute approximate surface area is 155 Å². The van der Waals surface area contributed by atoms with Gasteiger partial charge in [0.1, 0.15) is 21.8 Å². The van der Waals surface area contributed by atoms with Crippen molar-refractivity contribution in [2.75, 3.05) is 5.73 Å². The van der Waals surface area contributed by atoms with Crippen LogP contribution in [0, 0.1) is 0 Å². The fraction of sp³-hybridized carbons (Fsp3) is 0. The zero-order valence-electron chi connectivity index (χ0n) is 13.3. The third-order valence-electron chi connectivity index (χ3n) is 3.47. The van der Waals surface area contributed by atoms with Crippen LogP contribution in [0.25, 0.3) is 11.1 Å². The summed E-state index contributed by atoms with van der Waals surface area (Å²) in [6.07, 6.45) is 0. The topological polar surface area (TPSA) is 242 Å². The van der Waals surface area contributed by atoms with Crippen molar-refractivity contribution >= 4 is 38.0 Å². The molecule has 0 atom stereocenters. The highest BCUT2D eigenvalue weighted by Gasteiger charge is 2.31. The highest BCUT2D eigenvalue weighted by atomic mass is 32.2. The van der Waals surface area contributed by atoms with Crippen molar-refractivity contribution < 1.29 is 45.7 Å². The highest BCUT2D eigenvalue weighted by molar-refractivity contribution is 7.86. The standard InChI is InChI=1S/C13H10N2O11S2/c14-10-8(12(17)18)7(9(13(19)20)11(16)15-10)5-3-4(27(21,22)23)1-2-6(5)28(24,25)26/h1-3H,(H,17,18)(H,19,20)(H3,14,15,16)(H,21,22,23)(H,24,25,26). The largest absolute Gasteiger partial charge is 0.478 e. The minimum Gasteiger partial charge on any atom is -0.478 e. The van der Waals surface area contributed by atoms with Crippen LogP contribution >= 0.6 is 0 Å². The number of hydrogen-bond acceptors (Lipinski definition) is 8. The van der Waals surface area contributed by atoms with Crippen molar-refractivity contribution in [3.05, 3.63) is 39.7 Å². The van der Waals surface area contributed by atoms with Gasteiger partial charge < -0.3 is 20.9 Å². The molecule has 0 aliphatic rings. The molecular formula is C13H10N2O11S2.